The highest BCUT2D eigenvalue weighted by Gasteiger charge is 2.23. The van der Waals surface area contributed by atoms with Crippen LogP contribution >= 0.6 is 0 Å². The van der Waals surface area contributed by atoms with Gasteiger partial charge in [-0.25, -0.2) is 4.79 Å². The summed E-state index contributed by atoms with van der Waals surface area (Å²) in [6.45, 7) is 0. The fourth-order valence-corrected chi connectivity index (χ4v) is 1.28. The molecule has 2 rings (SSSR count). The van der Waals surface area contributed by atoms with Crippen molar-refractivity contribution in [2.24, 2.45) is 0 Å². The number of fused-ring (bicyclic) bond motifs is 1. The van der Waals surface area contributed by atoms with Crippen molar-refractivity contribution in [1.29, 1.82) is 0 Å². The molecule has 0 atom stereocenters. The first kappa shape index (κ1) is 7.03. The van der Waals surface area contributed by atoms with Crippen molar-refractivity contribution in [3.8, 4) is 0 Å². The Bertz CT molecular complexity index is 379. The Balaban J connectivity index is 2.52. The van der Waals surface area contributed by atoms with Crippen LogP contribution in [0.15, 0.2) is 18.2 Å². The second kappa shape index (κ2) is 2.17. The molecule has 0 aromatic heterocycles. The van der Waals surface area contributed by atoms with Crippen molar-refractivity contribution >= 4 is 11.8 Å². The van der Waals surface area contributed by atoms with Gasteiger partial charge in [0.25, 0.3) is 0 Å². The first-order chi connectivity index (χ1) is 5.68. The van der Waals surface area contributed by atoms with Crippen LogP contribution in [0.1, 0.15) is 26.3 Å². The highest BCUT2D eigenvalue weighted by Crippen LogP contribution is 2.23. The zero-order valence-electron chi connectivity index (χ0n) is 6.20. The molecular formula is C9H6O3. The van der Waals surface area contributed by atoms with E-state index < -0.39 is 5.97 Å². The average molecular weight is 162 g/mol. The van der Waals surface area contributed by atoms with Crippen molar-refractivity contribution in [2.45, 2.75) is 6.42 Å². The van der Waals surface area contributed by atoms with Gasteiger partial charge in [0.15, 0.2) is 5.78 Å². The summed E-state index contributed by atoms with van der Waals surface area (Å²) < 4.78 is 0. The SMILES string of the molecule is O=C(O)c1ccc2c(c1)C(=O)C2. The van der Waals surface area contributed by atoms with Crippen molar-refractivity contribution in [3.05, 3.63) is 34.9 Å². The maximum absolute atomic E-state index is 10.9. The molecule has 3 heteroatoms. The predicted molar refractivity (Wildman–Crippen MR) is 41.4 cm³/mol. The van der Waals surface area contributed by atoms with E-state index in [4.69, 9.17) is 5.11 Å². The van der Waals surface area contributed by atoms with Crippen LogP contribution < -0.4 is 0 Å². The number of Topliss-reactive ketones (excluding diaryl/α,β-unsaturated/α-hetero) is 1. The molecule has 12 heavy (non-hydrogen) atoms. The minimum absolute atomic E-state index is 0.0353. The van der Waals surface area contributed by atoms with Crippen LogP contribution in [0.4, 0.5) is 0 Å². The number of hydrogen-bond acceptors (Lipinski definition) is 2. The molecule has 1 aromatic carbocycles. The Kier molecular flexibility index (Phi) is 1.27. The molecule has 60 valence electrons. The summed E-state index contributed by atoms with van der Waals surface area (Å²) in [5.74, 6) is -0.953. The third-order valence-corrected chi connectivity index (χ3v) is 2.01. The maximum Gasteiger partial charge on any atom is 0.335 e. The number of benzene rings is 1. The van der Waals surface area contributed by atoms with Crippen molar-refractivity contribution < 1.29 is 14.7 Å². The van der Waals surface area contributed by atoms with Crippen molar-refractivity contribution in [2.75, 3.05) is 0 Å². The van der Waals surface area contributed by atoms with Crippen LogP contribution in [0.25, 0.3) is 0 Å². The molecule has 1 aliphatic carbocycles. The molecule has 0 saturated carbocycles. The molecule has 0 radical (unpaired) electrons. The molecule has 0 spiro atoms. The first-order valence-corrected chi connectivity index (χ1v) is 3.58. The second-order valence-electron chi connectivity index (χ2n) is 2.78. The molecule has 0 fully saturated rings. The molecule has 0 unspecified atom stereocenters. The molecule has 1 aromatic rings. The summed E-state index contributed by atoms with van der Waals surface area (Å²) >= 11 is 0. The minimum Gasteiger partial charge on any atom is -0.478 e. The van der Waals surface area contributed by atoms with Gasteiger partial charge in [0.1, 0.15) is 0 Å². The molecule has 0 saturated heterocycles. The Labute approximate surface area is 68.6 Å². The molecule has 0 amide bonds. The molecule has 1 N–H and O–H groups in total. The summed E-state index contributed by atoms with van der Waals surface area (Å²) in [6.07, 6.45) is 0.454. The average Bonchev–Trinajstić information content (AvgIpc) is 2.02. The van der Waals surface area contributed by atoms with Gasteiger partial charge in [0, 0.05) is 12.0 Å². The minimum atomic E-state index is -0.988. The molecule has 3 nitrogen and oxygen atoms in total. The number of carbonyl (C=O) groups excluding carboxylic acids is 1. The fourth-order valence-electron chi connectivity index (χ4n) is 1.28. The fraction of sp³-hybridized carbons (Fsp3) is 0.111. The molecule has 1 aliphatic rings. The second-order valence-corrected chi connectivity index (χ2v) is 2.78. The molecular weight excluding hydrogens is 156 g/mol. The van der Waals surface area contributed by atoms with Crippen LogP contribution in [-0.2, 0) is 6.42 Å². The highest BCUT2D eigenvalue weighted by atomic mass is 16.4. The van der Waals surface area contributed by atoms with E-state index >= 15 is 0 Å². The van der Waals surface area contributed by atoms with E-state index in [9.17, 15) is 9.59 Å². The number of rotatable bonds is 1. The van der Waals surface area contributed by atoms with Crippen LogP contribution in [0, 0.1) is 0 Å². The number of hydrogen-bond donors (Lipinski definition) is 1. The lowest BCUT2D eigenvalue weighted by atomic mass is 9.86. The maximum atomic E-state index is 10.9. The zero-order valence-corrected chi connectivity index (χ0v) is 6.20. The molecule has 0 heterocycles. The predicted octanol–water partition coefficient (Wildman–Crippen LogP) is 1.12. The van der Waals surface area contributed by atoms with E-state index in [2.05, 4.69) is 0 Å². The normalized spacial score (nSPS) is 13.5. The summed E-state index contributed by atoms with van der Waals surface area (Å²) in [6, 6.07) is 4.65. The first-order valence-electron chi connectivity index (χ1n) is 3.58. The van der Waals surface area contributed by atoms with Gasteiger partial charge in [-0.15, -0.1) is 0 Å². The Hall–Kier alpha value is -1.64. The summed E-state index contributed by atoms with van der Waals surface area (Å²) in [5.41, 5.74) is 1.70. The largest absolute Gasteiger partial charge is 0.478 e. The van der Waals surface area contributed by atoms with Gasteiger partial charge >= 0.3 is 5.97 Å². The smallest absolute Gasteiger partial charge is 0.335 e. The van der Waals surface area contributed by atoms with Gasteiger partial charge in [-0.3, -0.25) is 4.79 Å². The number of carboxylic acid groups (broad SMARTS) is 1. The van der Waals surface area contributed by atoms with E-state index in [-0.39, 0.29) is 11.3 Å². The van der Waals surface area contributed by atoms with Gasteiger partial charge < -0.3 is 5.11 Å². The van der Waals surface area contributed by atoms with E-state index in [0.717, 1.165) is 5.56 Å². The van der Waals surface area contributed by atoms with Crippen molar-refractivity contribution in [3.63, 3.8) is 0 Å². The van der Waals surface area contributed by atoms with Crippen LogP contribution in [-0.4, -0.2) is 16.9 Å². The molecule has 0 aliphatic heterocycles. The monoisotopic (exact) mass is 162 g/mol. The van der Waals surface area contributed by atoms with Gasteiger partial charge in [-0.1, -0.05) is 6.07 Å². The molecule has 0 bridgehead atoms. The zero-order chi connectivity index (χ0) is 8.72. The number of carboxylic acids is 1. The number of aromatic carboxylic acids is 1. The lowest BCUT2D eigenvalue weighted by molar-refractivity contribution is 0.0697. The van der Waals surface area contributed by atoms with Gasteiger partial charge in [0.05, 0.1) is 5.56 Å². The topological polar surface area (TPSA) is 54.4 Å². The number of carbonyl (C=O) groups is 2. The quantitative estimate of drug-likeness (QED) is 0.673. The van der Waals surface area contributed by atoms with Crippen LogP contribution in [0.3, 0.4) is 0 Å². The van der Waals surface area contributed by atoms with E-state index in [0.29, 0.717) is 12.0 Å². The van der Waals surface area contributed by atoms with E-state index in [1.807, 2.05) is 0 Å². The van der Waals surface area contributed by atoms with Gasteiger partial charge in [0.2, 0.25) is 0 Å². The van der Waals surface area contributed by atoms with Gasteiger partial charge in [-0.2, -0.15) is 0 Å². The Morgan fingerprint density at radius 3 is 2.75 bits per heavy atom. The lowest BCUT2D eigenvalue weighted by Crippen LogP contribution is -2.19. The Morgan fingerprint density at radius 2 is 2.17 bits per heavy atom. The van der Waals surface area contributed by atoms with E-state index in [1.54, 1.807) is 6.07 Å². The van der Waals surface area contributed by atoms with Gasteiger partial charge in [-0.05, 0) is 17.7 Å². The van der Waals surface area contributed by atoms with Crippen LogP contribution in [0.5, 0.6) is 0 Å². The highest BCUT2D eigenvalue weighted by molar-refractivity contribution is 6.08. The number of ketones is 1. The van der Waals surface area contributed by atoms with E-state index in [1.165, 1.54) is 12.1 Å². The third-order valence-electron chi connectivity index (χ3n) is 2.01. The Morgan fingerprint density at radius 1 is 1.42 bits per heavy atom. The summed E-state index contributed by atoms with van der Waals surface area (Å²) in [4.78, 5) is 21.4. The van der Waals surface area contributed by atoms with Crippen LogP contribution in [0.2, 0.25) is 0 Å². The third kappa shape index (κ3) is 0.830. The summed E-state index contributed by atoms with van der Waals surface area (Å²) in [5, 5.41) is 8.60. The standard InChI is InChI=1S/C9H6O3/c10-8-4-5-1-2-6(9(11)12)3-7(5)8/h1-3H,4H2,(H,11,12). The summed E-state index contributed by atoms with van der Waals surface area (Å²) in [7, 11) is 0. The lowest BCUT2D eigenvalue weighted by Gasteiger charge is -2.16. The van der Waals surface area contributed by atoms with Crippen molar-refractivity contribution in [1.82, 2.24) is 0 Å².